The zero-order valence-electron chi connectivity index (χ0n) is 16.8. The molecule has 0 saturated heterocycles. The molecule has 158 valence electrons. The lowest BCUT2D eigenvalue weighted by Gasteiger charge is -2.37. The molecule has 1 aliphatic carbocycles. The second-order valence-electron chi connectivity index (χ2n) is 8.09. The predicted molar refractivity (Wildman–Crippen MR) is 120 cm³/mol. The van der Waals surface area contributed by atoms with Crippen LogP contribution in [0.4, 0.5) is 10.1 Å². The van der Waals surface area contributed by atoms with E-state index in [0.29, 0.717) is 0 Å². The van der Waals surface area contributed by atoms with E-state index in [9.17, 15) is 12.8 Å². The predicted octanol–water partition coefficient (Wildman–Crippen LogP) is 5.13. The quantitative estimate of drug-likeness (QED) is 0.548. The first-order chi connectivity index (χ1) is 15.0. The van der Waals surface area contributed by atoms with Gasteiger partial charge in [0, 0.05) is 18.2 Å². The molecule has 2 N–H and O–H groups in total. The van der Waals surface area contributed by atoms with Crippen LogP contribution >= 0.6 is 0 Å². The van der Waals surface area contributed by atoms with Crippen molar-refractivity contribution in [2.45, 2.75) is 29.8 Å². The van der Waals surface area contributed by atoms with Gasteiger partial charge in [-0.2, -0.15) is 0 Å². The topological polar surface area (TPSA) is 58.2 Å². The highest BCUT2D eigenvalue weighted by Crippen LogP contribution is 2.50. The summed E-state index contributed by atoms with van der Waals surface area (Å²) in [4.78, 5) is 0.267. The number of sulfonamides is 1. The Kier molecular flexibility index (Phi) is 5.12. The van der Waals surface area contributed by atoms with E-state index < -0.39 is 10.0 Å². The Labute approximate surface area is 181 Å². The van der Waals surface area contributed by atoms with Crippen LogP contribution in [0, 0.1) is 11.7 Å². The molecule has 0 fully saturated rings. The first kappa shape index (κ1) is 20.0. The SMILES string of the molecule is O=S(=O)(NCc1ccccc1)c1ccc2c(c1)C1C=CCC1C(c1ccc(F)cc1)N2. The fraction of sp³-hybridized carbons (Fsp3) is 0.200. The first-order valence-electron chi connectivity index (χ1n) is 10.4. The smallest absolute Gasteiger partial charge is 0.240 e. The molecule has 3 unspecified atom stereocenters. The number of halogens is 1. The summed E-state index contributed by atoms with van der Waals surface area (Å²) in [5.74, 6) is 0.127. The van der Waals surface area contributed by atoms with Gasteiger partial charge >= 0.3 is 0 Å². The van der Waals surface area contributed by atoms with Gasteiger partial charge in [-0.05, 0) is 59.4 Å². The van der Waals surface area contributed by atoms with Crippen molar-refractivity contribution in [2.75, 3.05) is 5.32 Å². The molecule has 3 aromatic rings. The van der Waals surface area contributed by atoms with E-state index in [2.05, 4.69) is 22.2 Å². The standard InChI is InChI=1S/C25H23FN2O2S/c26-19-11-9-18(10-12-19)25-22-8-4-7-21(22)23-15-20(13-14-24(23)28-25)31(29,30)27-16-17-5-2-1-3-6-17/h1-7,9-15,21-22,25,27-28H,8,16H2. The number of hydrogen-bond donors (Lipinski definition) is 2. The number of benzene rings is 3. The van der Waals surface area contributed by atoms with Gasteiger partial charge in [0.2, 0.25) is 10.0 Å². The summed E-state index contributed by atoms with van der Waals surface area (Å²) < 4.78 is 41.9. The van der Waals surface area contributed by atoms with Crippen molar-refractivity contribution >= 4 is 15.7 Å². The minimum atomic E-state index is -3.63. The number of hydrogen-bond acceptors (Lipinski definition) is 3. The van der Waals surface area contributed by atoms with Gasteiger partial charge < -0.3 is 5.32 Å². The van der Waals surface area contributed by atoms with Crippen LogP contribution in [0.15, 0.2) is 89.8 Å². The van der Waals surface area contributed by atoms with E-state index in [-0.39, 0.29) is 35.1 Å². The zero-order valence-corrected chi connectivity index (χ0v) is 17.6. The Bertz CT molecular complexity index is 1220. The molecule has 0 spiro atoms. The van der Waals surface area contributed by atoms with E-state index in [0.717, 1.165) is 28.8 Å². The highest BCUT2D eigenvalue weighted by Gasteiger charge is 2.38. The molecule has 0 saturated carbocycles. The molecule has 1 aliphatic heterocycles. The number of rotatable bonds is 5. The van der Waals surface area contributed by atoms with E-state index >= 15 is 0 Å². The molecule has 0 radical (unpaired) electrons. The van der Waals surface area contributed by atoms with Crippen LogP contribution in [0.5, 0.6) is 0 Å². The number of anilines is 1. The van der Waals surface area contributed by atoms with Crippen molar-refractivity contribution in [1.82, 2.24) is 4.72 Å². The minimum absolute atomic E-state index is 0.0479. The molecule has 0 bridgehead atoms. The monoisotopic (exact) mass is 434 g/mol. The second kappa shape index (κ2) is 7.94. The maximum absolute atomic E-state index is 13.4. The third-order valence-electron chi connectivity index (χ3n) is 6.18. The molecule has 0 aromatic heterocycles. The highest BCUT2D eigenvalue weighted by molar-refractivity contribution is 7.89. The average Bonchev–Trinajstić information content (AvgIpc) is 3.29. The molecular formula is C25H23FN2O2S. The summed E-state index contributed by atoms with van der Waals surface area (Å²) in [6.07, 6.45) is 5.20. The second-order valence-corrected chi connectivity index (χ2v) is 9.85. The number of nitrogens with one attached hydrogen (secondary N) is 2. The molecular weight excluding hydrogens is 411 g/mol. The number of fused-ring (bicyclic) bond motifs is 3. The molecule has 4 nitrogen and oxygen atoms in total. The van der Waals surface area contributed by atoms with Crippen LogP contribution in [-0.4, -0.2) is 8.42 Å². The Morgan fingerprint density at radius 1 is 1.00 bits per heavy atom. The van der Waals surface area contributed by atoms with Crippen LogP contribution in [0.25, 0.3) is 0 Å². The first-order valence-corrected chi connectivity index (χ1v) is 11.9. The molecule has 3 atom stereocenters. The molecule has 0 amide bonds. The van der Waals surface area contributed by atoms with Crippen molar-refractivity contribution in [3.8, 4) is 0 Å². The van der Waals surface area contributed by atoms with E-state index in [4.69, 9.17) is 0 Å². The van der Waals surface area contributed by atoms with E-state index in [1.807, 2.05) is 48.5 Å². The van der Waals surface area contributed by atoms with Crippen LogP contribution in [-0.2, 0) is 16.6 Å². The van der Waals surface area contributed by atoms with Crippen molar-refractivity contribution in [1.29, 1.82) is 0 Å². The van der Waals surface area contributed by atoms with Crippen LogP contribution in [0.1, 0.15) is 35.1 Å². The minimum Gasteiger partial charge on any atom is -0.378 e. The van der Waals surface area contributed by atoms with Crippen molar-refractivity contribution < 1.29 is 12.8 Å². The zero-order chi connectivity index (χ0) is 21.4. The molecule has 5 rings (SSSR count). The van der Waals surface area contributed by atoms with E-state index in [1.165, 1.54) is 12.1 Å². The van der Waals surface area contributed by atoms with Crippen LogP contribution in [0.2, 0.25) is 0 Å². The molecule has 2 aliphatic rings. The van der Waals surface area contributed by atoms with Gasteiger partial charge in [-0.3, -0.25) is 0 Å². The summed E-state index contributed by atoms with van der Waals surface area (Å²) in [5.41, 5.74) is 3.85. The Balaban J connectivity index is 1.43. The lowest BCUT2D eigenvalue weighted by Crippen LogP contribution is -2.30. The molecule has 6 heteroatoms. The average molecular weight is 435 g/mol. The molecule has 31 heavy (non-hydrogen) atoms. The van der Waals surface area contributed by atoms with Crippen molar-refractivity contribution in [2.24, 2.45) is 5.92 Å². The summed E-state index contributed by atoms with van der Waals surface area (Å²) in [5, 5.41) is 3.56. The summed E-state index contributed by atoms with van der Waals surface area (Å²) in [6, 6.07) is 21.4. The Hall–Kier alpha value is -2.96. The normalized spacial score (nSPS) is 21.9. The lowest BCUT2D eigenvalue weighted by molar-refractivity contribution is 0.424. The van der Waals surface area contributed by atoms with Gasteiger partial charge in [-0.15, -0.1) is 0 Å². The van der Waals surface area contributed by atoms with Gasteiger partial charge in [0.25, 0.3) is 0 Å². The van der Waals surface area contributed by atoms with Gasteiger partial charge in [0.05, 0.1) is 10.9 Å². The Morgan fingerprint density at radius 2 is 1.77 bits per heavy atom. The van der Waals surface area contributed by atoms with Gasteiger partial charge in [0.15, 0.2) is 0 Å². The summed E-state index contributed by atoms with van der Waals surface area (Å²) in [7, 11) is -3.63. The summed E-state index contributed by atoms with van der Waals surface area (Å²) in [6.45, 7) is 0.247. The van der Waals surface area contributed by atoms with Crippen molar-refractivity contribution in [3.05, 3.63) is 107 Å². The van der Waals surface area contributed by atoms with Crippen LogP contribution < -0.4 is 10.0 Å². The third kappa shape index (κ3) is 3.89. The van der Waals surface area contributed by atoms with Crippen molar-refractivity contribution in [3.63, 3.8) is 0 Å². The van der Waals surface area contributed by atoms with Gasteiger partial charge in [0.1, 0.15) is 5.82 Å². The number of allylic oxidation sites excluding steroid dienone is 2. The maximum atomic E-state index is 13.4. The molecule has 3 aromatic carbocycles. The van der Waals surface area contributed by atoms with Gasteiger partial charge in [-0.1, -0.05) is 54.6 Å². The van der Waals surface area contributed by atoms with Crippen LogP contribution in [0.3, 0.4) is 0 Å². The maximum Gasteiger partial charge on any atom is 0.240 e. The van der Waals surface area contributed by atoms with E-state index in [1.54, 1.807) is 12.1 Å². The highest BCUT2D eigenvalue weighted by atomic mass is 32.2. The summed E-state index contributed by atoms with van der Waals surface area (Å²) >= 11 is 0. The molecule has 1 heterocycles. The largest absolute Gasteiger partial charge is 0.378 e. The Morgan fingerprint density at radius 3 is 2.55 bits per heavy atom. The third-order valence-corrected chi connectivity index (χ3v) is 7.58. The lowest BCUT2D eigenvalue weighted by atomic mass is 9.77. The fourth-order valence-corrected chi connectivity index (χ4v) is 5.65. The fourth-order valence-electron chi connectivity index (χ4n) is 4.60. The van der Waals surface area contributed by atoms with Gasteiger partial charge in [-0.25, -0.2) is 17.5 Å².